The zero-order chi connectivity index (χ0) is 14.5. The monoisotopic (exact) mass is 267 g/mol. The minimum Gasteiger partial charge on any atom is -0.352 e. The molecule has 2 aromatic rings. The van der Waals surface area contributed by atoms with Crippen molar-refractivity contribution in [2.24, 2.45) is 4.99 Å². The van der Waals surface area contributed by atoms with Crippen molar-refractivity contribution in [1.29, 1.82) is 0 Å². The molecule has 0 fully saturated rings. The molecule has 104 valence electrons. The first-order chi connectivity index (χ1) is 9.38. The second-order valence-corrected chi connectivity index (χ2v) is 6.34. The van der Waals surface area contributed by atoms with Gasteiger partial charge in [-0.05, 0) is 45.9 Å². The molecule has 0 radical (unpaired) electrons. The lowest BCUT2D eigenvalue weighted by Crippen LogP contribution is -2.41. The van der Waals surface area contributed by atoms with E-state index in [9.17, 15) is 0 Å². The van der Waals surface area contributed by atoms with Crippen molar-refractivity contribution < 1.29 is 0 Å². The van der Waals surface area contributed by atoms with Crippen molar-refractivity contribution in [3.05, 3.63) is 41.1 Å². The van der Waals surface area contributed by atoms with E-state index in [2.05, 4.69) is 62.0 Å². The summed E-state index contributed by atoms with van der Waals surface area (Å²) in [5, 5.41) is 1.19. The van der Waals surface area contributed by atoms with E-state index in [-0.39, 0.29) is 5.54 Å². The van der Waals surface area contributed by atoms with E-state index < -0.39 is 0 Å². The van der Waals surface area contributed by atoms with E-state index in [0.29, 0.717) is 0 Å². The van der Waals surface area contributed by atoms with Crippen LogP contribution in [0, 0.1) is 13.8 Å². The summed E-state index contributed by atoms with van der Waals surface area (Å²) in [6.45, 7) is 9.46. The lowest BCUT2D eigenvalue weighted by molar-refractivity contribution is 0.293. The molecule has 0 spiro atoms. The van der Waals surface area contributed by atoms with Crippen molar-refractivity contribution in [3.63, 3.8) is 0 Å². The molecular weight excluding hydrogens is 246 g/mol. The number of hydrogen-bond acceptors (Lipinski definition) is 3. The molecule has 0 bridgehead atoms. The third-order valence-corrected chi connectivity index (χ3v) is 4.17. The lowest BCUT2D eigenvalue weighted by atomic mass is 10.0. The SMILES string of the molecule is Cc1ccc2nc(C)cc(C3=NCC(C)(C)N3C)c2c1. The maximum atomic E-state index is 4.78. The molecule has 1 aromatic carbocycles. The molecule has 3 heteroatoms. The number of benzene rings is 1. The molecule has 3 nitrogen and oxygen atoms in total. The molecule has 0 saturated carbocycles. The largest absolute Gasteiger partial charge is 0.352 e. The second kappa shape index (κ2) is 4.30. The molecule has 2 heterocycles. The Balaban J connectivity index is 2.24. The molecule has 1 aromatic heterocycles. The van der Waals surface area contributed by atoms with Gasteiger partial charge in [0.1, 0.15) is 5.84 Å². The summed E-state index contributed by atoms with van der Waals surface area (Å²) in [4.78, 5) is 11.7. The summed E-state index contributed by atoms with van der Waals surface area (Å²) < 4.78 is 0. The maximum absolute atomic E-state index is 4.78. The van der Waals surface area contributed by atoms with Crippen LogP contribution in [0.1, 0.15) is 30.7 Å². The van der Waals surface area contributed by atoms with Gasteiger partial charge >= 0.3 is 0 Å². The molecule has 0 amide bonds. The number of aryl methyl sites for hydroxylation is 2. The summed E-state index contributed by atoms with van der Waals surface area (Å²) >= 11 is 0. The molecule has 0 unspecified atom stereocenters. The minimum absolute atomic E-state index is 0.0860. The fourth-order valence-corrected chi connectivity index (χ4v) is 2.69. The molecule has 1 aliphatic rings. The number of pyridine rings is 1. The van der Waals surface area contributed by atoms with E-state index >= 15 is 0 Å². The van der Waals surface area contributed by atoms with E-state index in [4.69, 9.17) is 4.99 Å². The smallest absolute Gasteiger partial charge is 0.131 e. The Morgan fingerprint density at radius 1 is 1.15 bits per heavy atom. The highest BCUT2D eigenvalue weighted by Crippen LogP contribution is 2.28. The Labute approximate surface area is 120 Å². The van der Waals surface area contributed by atoms with Crippen LogP contribution in [0.4, 0.5) is 0 Å². The van der Waals surface area contributed by atoms with Crippen LogP contribution in [0.15, 0.2) is 29.3 Å². The predicted octanol–water partition coefficient (Wildman–Crippen LogP) is 3.32. The normalized spacial score (nSPS) is 17.6. The molecular formula is C17H21N3. The van der Waals surface area contributed by atoms with Gasteiger partial charge in [0, 0.05) is 23.7 Å². The zero-order valence-electron chi connectivity index (χ0n) is 12.9. The molecule has 0 aliphatic carbocycles. The highest BCUT2D eigenvalue weighted by Gasteiger charge is 2.32. The zero-order valence-corrected chi connectivity index (χ0v) is 12.9. The van der Waals surface area contributed by atoms with Gasteiger partial charge in [-0.1, -0.05) is 11.6 Å². The highest BCUT2D eigenvalue weighted by molar-refractivity contribution is 6.10. The van der Waals surface area contributed by atoms with Gasteiger partial charge in [0.2, 0.25) is 0 Å². The standard InChI is InChI=1S/C17H21N3/c1-11-6-7-15-13(8-11)14(9-12(2)19-15)16-18-10-17(3,4)20(16)5/h6-9H,10H2,1-5H3. The second-order valence-electron chi connectivity index (χ2n) is 6.34. The number of likely N-dealkylation sites (N-methyl/N-ethyl adjacent to an activating group) is 1. The predicted molar refractivity (Wildman–Crippen MR) is 84.5 cm³/mol. The Hall–Kier alpha value is -1.90. The molecule has 0 atom stereocenters. The van der Waals surface area contributed by atoms with Crippen LogP contribution in [-0.2, 0) is 0 Å². The summed E-state index contributed by atoms with van der Waals surface area (Å²) in [6.07, 6.45) is 0. The van der Waals surface area contributed by atoms with E-state index in [1.54, 1.807) is 0 Å². The van der Waals surface area contributed by atoms with Crippen molar-refractivity contribution in [1.82, 2.24) is 9.88 Å². The van der Waals surface area contributed by atoms with Gasteiger partial charge in [-0.25, -0.2) is 0 Å². The number of nitrogens with zero attached hydrogens (tertiary/aromatic N) is 3. The number of aromatic nitrogens is 1. The third-order valence-electron chi connectivity index (χ3n) is 4.17. The van der Waals surface area contributed by atoms with Gasteiger partial charge in [-0.3, -0.25) is 9.98 Å². The quantitative estimate of drug-likeness (QED) is 0.793. The Bertz CT molecular complexity index is 713. The number of amidine groups is 1. The van der Waals surface area contributed by atoms with Crippen molar-refractivity contribution in [2.75, 3.05) is 13.6 Å². The van der Waals surface area contributed by atoms with Gasteiger partial charge in [0.25, 0.3) is 0 Å². The van der Waals surface area contributed by atoms with Crippen LogP contribution in [-0.4, -0.2) is 34.9 Å². The van der Waals surface area contributed by atoms with Crippen LogP contribution in [0.2, 0.25) is 0 Å². The van der Waals surface area contributed by atoms with Crippen LogP contribution in [0.25, 0.3) is 10.9 Å². The topological polar surface area (TPSA) is 28.5 Å². The van der Waals surface area contributed by atoms with Gasteiger partial charge in [0.05, 0.1) is 17.6 Å². The number of hydrogen-bond donors (Lipinski definition) is 0. The average molecular weight is 267 g/mol. The van der Waals surface area contributed by atoms with Crippen LogP contribution < -0.4 is 0 Å². The van der Waals surface area contributed by atoms with Gasteiger partial charge in [-0.15, -0.1) is 0 Å². The number of fused-ring (bicyclic) bond motifs is 1. The van der Waals surface area contributed by atoms with Crippen molar-refractivity contribution >= 4 is 16.7 Å². The first-order valence-electron chi connectivity index (χ1n) is 7.05. The first kappa shape index (κ1) is 13.1. The van der Waals surface area contributed by atoms with E-state index in [1.165, 1.54) is 16.5 Å². The summed E-state index contributed by atoms with van der Waals surface area (Å²) in [5.41, 5.74) is 4.63. The Morgan fingerprint density at radius 3 is 2.55 bits per heavy atom. The molecule has 0 saturated heterocycles. The summed E-state index contributed by atoms with van der Waals surface area (Å²) in [5.74, 6) is 1.08. The lowest BCUT2D eigenvalue weighted by Gasteiger charge is -2.30. The van der Waals surface area contributed by atoms with Crippen LogP contribution >= 0.6 is 0 Å². The fourth-order valence-electron chi connectivity index (χ4n) is 2.69. The minimum atomic E-state index is 0.0860. The van der Waals surface area contributed by atoms with Gasteiger partial charge in [0.15, 0.2) is 0 Å². The highest BCUT2D eigenvalue weighted by atomic mass is 15.3. The fraction of sp³-hybridized carbons (Fsp3) is 0.412. The third kappa shape index (κ3) is 1.98. The first-order valence-corrected chi connectivity index (χ1v) is 7.05. The van der Waals surface area contributed by atoms with Gasteiger partial charge < -0.3 is 4.90 Å². The van der Waals surface area contributed by atoms with E-state index in [1.807, 2.05) is 6.92 Å². The molecule has 20 heavy (non-hydrogen) atoms. The summed E-state index contributed by atoms with van der Waals surface area (Å²) in [6, 6.07) is 8.57. The number of rotatable bonds is 1. The van der Waals surface area contributed by atoms with Crippen LogP contribution in [0.5, 0.6) is 0 Å². The average Bonchev–Trinajstić information content (AvgIpc) is 2.64. The Kier molecular flexibility index (Phi) is 2.82. The molecule has 1 aliphatic heterocycles. The molecule has 3 rings (SSSR count). The Morgan fingerprint density at radius 2 is 1.90 bits per heavy atom. The molecule has 0 N–H and O–H groups in total. The van der Waals surface area contributed by atoms with Gasteiger partial charge in [-0.2, -0.15) is 0 Å². The van der Waals surface area contributed by atoms with Crippen LogP contribution in [0.3, 0.4) is 0 Å². The van der Waals surface area contributed by atoms with E-state index in [0.717, 1.165) is 23.6 Å². The van der Waals surface area contributed by atoms with Crippen molar-refractivity contribution in [2.45, 2.75) is 33.2 Å². The van der Waals surface area contributed by atoms with Crippen molar-refractivity contribution in [3.8, 4) is 0 Å². The maximum Gasteiger partial charge on any atom is 0.131 e. The number of aliphatic imine (C=N–C) groups is 1. The summed E-state index contributed by atoms with van der Waals surface area (Å²) in [7, 11) is 2.13.